The normalized spacial score (nSPS) is 29.4. The number of aromatic amines is 1. The fourth-order valence-corrected chi connectivity index (χ4v) is 5.79. The molecule has 196 valence electrons. The molecule has 2 N–H and O–H groups in total. The Labute approximate surface area is 210 Å². The Hall–Kier alpha value is -1.74. The van der Waals surface area contributed by atoms with E-state index in [1.807, 2.05) is 11.0 Å². The molecule has 0 spiro atoms. The summed E-state index contributed by atoms with van der Waals surface area (Å²) in [6.45, 7) is 18.2. The van der Waals surface area contributed by atoms with E-state index in [4.69, 9.17) is 4.74 Å². The fraction of sp³-hybridized carbons (Fsp3) is 0.778. The van der Waals surface area contributed by atoms with E-state index in [1.54, 1.807) is 0 Å². The highest BCUT2D eigenvalue weighted by Gasteiger charge is 2.41. The van der Waals surface area contributed by atoms with Crippen LogP contribution in [0.4, 0.5) is 5.69 Å². The zero-order valence-electron chi connectivity index (χ0n) is 22.5. The van der Waals surface area contributed by atoms with Crippen molar-refractivity contribution in [3.63, 3.8) is 0 Å². The van der Waals surface area contributed by atoms with Crippen molar-refractivity contribution in [2.24, 2.45) is 0 Å². The second-order valence-corrected chi connectivity index (χ2v) is 11.7. The molecule has 1 aromatic rings. The van der Waals surface area contributed by atoms with Crippen LogP contribution in [0.25, 0.3) is 0 Å². The quantitative estimate of drug-likeness (QED) is 0.613. The van der Waals surface area contributed by atoms with Crippen molar-refractivity contribution >= 4 is 11.6 Å². The third-order valence-corrected chi connectivity index (χ3v) is 7.97. The minimum Gasteiger partial charge on any atom is -0.376 e. The van der Waals surface area contributed by atoms with Crippen molar-refractivity contribution in [3.8, 4) is 0 Å². The molecule has 35 heavy (non-hydrogen) atoms. The standard InChI is InChI=1S/C27H45N5O3/c1-7-8-9-21-10-23-25(29-26(21)34)27(5,6)17-32(23)24(33)15-31-12-18(2)28-11-22(31)14-30-13-20(4)35-16-19(30)3/h10,18-20,22,28H,7-9,11-17H2,1-6H3,(H,29,34)/t18-,19-,20+,22-/m1/s1. The number of fused-ring (bicyclic) bond motifs is 1. The van der Waals surface area contributed by atoms with Gasteiger partial charge in [-0.25, -0.2) is 0 Å². The number of rotatable bonds is 7. The summed E-state index contributed by atoms with van der Waals surface area (Å²) in [5.74, 6) is 0.118. The second-order valence-electron chi connectivity index (χ2n) is 11.7. The molecular formula is C27H45N5O3. The molecule has 0 unspecified atom stereocenters. The minimum absolute atomic E-state index is 0.00979. The zero-order valence-corrected chi connectivity index (χ0v) is 22.5. The summed E-state index contributed by atoms with van der Waals surface area (Å²) in [5.41, 5.74) is 2.27. The number of piperazine rings is 1. The third-order valence-electron chi connectivity index (χ3n) is 7.97. The fourth-order valence-electron chi connectivity index (χ4n) is 5.79. The van der Waals surface area contributed by atoms with Crippen molar-refractivity contribution in [2.75, 3.05) is 50.8 Å². The first-order valence-corrected chi connectivity index (χ1v) is 13.5. The van der Waals surface area contributed by atoms with Gasteiger partial charge in [-0.2, -0.15) is 0 Å². The summed E-state index contributed by atoms with van der Waals surface area (Å²) in [5, 5.41) is 3.62. The van der Waals surface area contributed by atoms with Gasteiger partial charge in [-0.3, -0.25) is 19.4 Å². The highest BCUT2D eigenvalue weighted by molar-refractivity contribution is 5.97. The number of H-pyrrole nitrogens is 1. The molecule has 0 saturated carbocycles. The van der Waals surface area contributed by atoms with Gasteiger partial charge in [0.1, 0.15) is 0 Å². The molecule has 3 aliphatic rings. The van der Waals surface area contributed by atoms with Crippen molar-refractivity contribution in [3.05, 3.63) is 27.7 Å². The van der Waals surface area contributed by atoms with Crippen LogP contribution in [-0.2, 0) is 21.4 Å². The van der Waals surface area contributed by atoms with Crippen molar-refractivity contribution in [1.82, 2.24) is 20.1 Å². The number of aryl methyl sites for hydroxylation is 1. The molecule has 1 aromatic heterocycles. The number of hydrogen-bond acceptors (Lipinski definition) is 6. The highest BCUT2D eigenvalue weighted by atomic mass is 16.5. The molecule has 4 rings (SSSR count). The van der Waals surface area contributed by atoms with Gasteiger partial charge in [-0.05, 0) is 39.7 Å². The van der Waals surface area contributed by atoms with Gasteiger partial charge >= 0.3 is 0 Å². The monoisotopic (exact) mass is 487 g/mol. The Balaban J connectivity index is 1.52. The number of ether oxygens (including phenoxy) is 1. The molecule has 4 atom stereocenters. The lowest BCUT2D eigenvalue weighted by Gasteiger charge is -2.44. The van der Waals surface area contributed by atoms with Gasteiger partial charge in [-0.1, -0.05) is 27.2 Å². The van der Waals surface area contributed by atoms with E-state index in [1.165, 1.54) is 0 Å². The highest BCUT2D eigenvalue weighted by Crippen LogP contribution is 2.39. The van der Waals surface area contributed by atoms with Crippen molar-refractivity contribution < 1.29 is 9.53 Å². The first kappa shape index (κ1) is 26.3. The summed E-state index contributed by atoms with van der Waals surface area (Å²) >= 11 is 0. The lowest BCUT2D eigenvalue weighted by Crippen LogP contribution is -2.62. The molecule has 0 bridgehead atoms. The van der Waals surface area contributed by atoms with Crippen LogP contribution in [0.1, 0.15) is 65.6 Å². The summed E-state index contributed by atoms with van der Waals surface area (Å²) in [6, 6.07) is 2.98. The largest absolute Gasteiger partial charge is 0.376 e. The minimum atomic E-state index is -0.275. The first-order valence-electron chi connectivity index (χ1n) is 13.5. The van der Waals surface area contributed by atoms with Crippen LogP contribution in [0.2, 0.25) is 0 Å². The number of morpholine rings is 1. The lowest BCUT2D eigenvalue weighted by molar-refractivity contribution is -0.121. The maximum atomic E-state index is 13.8. The Morgan fingerprint density at radius 2 is 1.97 bits per heavy atom. The van der Waals surface area contributed by atoms with Crippen LogP contribution in [-0.4, -0.2) is 90.8 Å². The average molecular weight is 488 g/mol. The van der Waals surface area contributed by atoms with E-state index >= 15 is 0 Å². The van der Waals surface area contributed by atoms with Gasteiger partial charge in [0.2, 0.25) is 5.91 Å². The van der Waals surface area contributed by atoms with E-state index in [9.17, 15) is 9.59 Å². The molecule has 2 fully saturated rings. The predicted octanol–water partition coefficient (Wildman–Crippen LogP) is 2.11. The van der Waals surface area contributed by atoms with Crippen molar-refractivity contribution in [2.45, 2.75) is 90.4 Å². The smallest absolute Gasteiger partial charge is 0.251 e. The number of unbranched alkanes of at least 4 members (excludes halogenated alkanes) is 1. The number of hydrogen-bond donors (Lipinski definition) is 2. The summed E-state index contributed by atoms with van der Waals surface area (Å²) in [7, 11) is 0. The van der Waals surface area contributed by atoms with E-state index < -0.39 is 0 Å². The van der Waals surface area contributed by atoms with Gasteiger partial charge in [0.25, 0.3) is 5.56 Å². The van der Waals surface area contributed by atoms with E-state index in [0.29, 0.717) is 25.2 Å². The molecule has 8 heteroatoms. The van der Waals surface area contributed by atoms with Crippen LogP contribution in [0, 0.1) is 0 Å². The van der Waals surface area contributed by atoms with Gasteiger partial charge in [0, 0.05) is 67.5 Å². The molecule has 0 aromatic carbocycles. The molecule has 1 amide bonds. The molecule has 8 nitrogen and oxygen atoms in total. The number of amides is 1. The van der Waals surface area contributed by atoms with E-state index in [0.717, 1.165) is 69.0 Å². The van der Waals surface area contributed by atoms with Crippen molar-refractivity contribution in [1.29, 1.82) is 0 Å². The number of nitrogens with one attached hydrogen (secondary N) is 2. The average Bonchev–Trinajstić information content (AvgIpc) is 3.06. The Morgan fingerprint density at radius 1 is 1.20 bits per heavy atom. The Kier molecular flexibility index (Phi) is 8.05. The third kappa shape index (κ3) is 5.82. The van der Waals surface area contributed by atoms with Crippen LogP contribution < -0.4 is 15.8 Å². The summed E-state index contributed by atoms with van der Waals surface area (Å²) < 4.78 is 5.82. The topological polar surface area (TPSA) is 80.9 Å². The van der Waals surface area contributed by atoms with Gasteiger partial charge in [-0.15, -0.1) is 0 Å². The van der Waals surface area contributed by atoms with E-state index in [2.05, 4.69) is 61.6 Å². The van der Waals surface area contributed by atoms with Gasteiger partial charge in [0.05, 0.1) is 24.9 Å². The van der Waals surface area contributed by atoms with E-state index in [-0.39, 0.29) is 29.0 Å². The molecular weight excluding hydrogens is 442 g/mol. The van der Waals surface area contributed by atoms with Crippen LogP contribution in [0.15, 0.2) is 10.9 Å². The summed E-state index contributed by atoms with van der Waals surface area (Å²) in [4.78, 5) is 36.4. The molecule has 0 aliphatic carbocycles. The lowest BCUT2D eigenvalue weighted by atomic mass is 9.91. The first-order chi connectivity index (χ1) is 16.6. The van der Waals surface area contributed by atoms with Crippen LogP contribution in [0.3, 0.4) is 0 Å². The van der Waals surface area contributed by atoms with Gasteiger partial charge < -0.3 is 19.9 Å². The molecule has 4 heterocycles. The second kappa shape index (κ2) is 10.7. The van der Waals surface area contributed by atoms with Gasteiger partial charge in [0.15, 0.2) is 0 Å². The number of carbonyl (C=O) groups excluding carboxylic acids is 1. The zero-order chi connectivity index (χ0) is 25.3. The Bertz CT molecular complexity index is 961. The number of carbonyl (C=O) groups is 1. The number of nitrogens with zero attached hydrogens (tertiary/aromatic N) is 3. The van der Waals surface area contributed by atoms with Crippen LogP contribution in [0.5, 0.6) is 0 Å². The number of pyridine rings is 1. The maximum Gasteiger partial charge on any atom is 0.251 e. The number of anilines is 1. The Morgan fingerprint density at radius 3 is 2.71 bits per heavy atom. The predicted molar refractivity (Wildman–Crippen MR) is 140 cm³/mol. The number of aromatic nitrogens is 1. The molecule has 2 saturated heterocycles. The SMILES string of the molecule is CCCCc1cc2c([nH]c1=O)C(C)(C)CN2C(=O)CN1C[C@@H](C)NC[C@@H]1CN1C[C@H](C)OC[C@H]1C. The maximum absolute atomic E-state index is 13.8. The molecule has 3 aliphatic heterocycles. The summed E-state index contributed by atoms with van der Waals surface area (Å²) in [6.07, 6.45) is 2.99. The van der Waals surface area contributed by atoms with Crippen LogP contribution >= 0.6 is 0 Å². The molecule has 0 radical (unpaired) electrons.